The molecule has 0 fully saturated rings. The van der Waals surface area contributed by atoms with Crippen LogP contribution in [0.1, 0.15) is 11.1 Å². The molecule has 0 spiro atoms. The maximum Gasteiger partial charge on any atom is 0.238 e. The summed E-state index contributed by atoms with van der Waals surface area (Å²) in [5.41, 5.74) is 1.78. The van der Waals surface area contributed by atoms with Crippen LogP contribution in [0, 0.1) is 0 Å². The lowest BCUT2D eigenvalue weighted by atomic mass is 10.2. The Bertz CT molecular complexity index is 868. The fourth-order valence-electron chi connectivity index (χ4n) is 2.05. The van der Waals surface area contributed by atoms with Gasteiger partial charge < -0.3 is 10.6 Å². The van der Waals surface area contributed by atoms with Gasteiger partial charge in [-0.1, -0.05) is 41.4 Å². The smallest absolute Gasteiger partial charge is 0.238 e. The molecule has 0 heterocycles. The highest BCUT2D eigenvalue weighted by molar-refractivity contribution is 7.89. The lowest BCUT2D eigenvalue weighted by Gasteiger charge is -2.13. The van der Waals surface area contributed by atoms with E-state index < -0.39 is 10.0 Å². The first-order valence-corrected chi connectivity index (χ1v) is 9.60. The first-order chi connectivity index (χ1) is 11.8. The third-order valence-corrected chi connectivity index (χ3v) is 4.91. The second-order valence-electron chi connectivity index (χ2n) is 5.20. The van der Waals surface area contributed by atoms with Gasteiger partial charge in [0.2, 0.25) is 10.0 Å². The summed E-state index contributed by atoms with van der Waals surface area (Å²) in [6.07, 6.45) is 0. The van der Waals surface area contributed by atoms with E-state index in [1.807, 2.05) is 6.07 Å². The van der Waals surface area contributed by atoms with E-state index in [1.165, 1.54) is 12.1 Å². The molecule has 9 heteroatoms. The molecule has 2 aromatic carbocycles. The van der Waals surface area contributed by atoms with E-state index in [0.29, 0.717) is 29.1 Å². The molecule has 2 rings (SSSR count). The summed E-state index contributed by atoms with van der Waals surface area (Å²) < 4.78 is 22.5. The molecular formula is C16H18Cl2N4O2S. The van der Waals surface area contributed by atoms with Crippen molar-refractivity contribution >= 4 is 39.2 Å². The van der Waals surface area contributed by atoms with Crippen LogP contribution < -0.4 is 15.8 Å². The van der Waals surface area contributed by atoms with Gasteiger partial charge in [-0.25, -0.2) is 13.6 Å². The van der Waals surface area contributed by atoms with Gasteiger partial charge in [-0.05, 0) is 35.4 Å². The number of nitrogens with two attached hydrogens (primary N) is 1. The second-order valence-corrected chi connectivity index (χ2v) is 7.61. The number of halogens is 2. The molecule has 0 atom stereocenters. The SMILES string of the molecule is CN=C(NCc1ccc(S(N)(=O)=O)cc1)NCc1ccc(Cl)cc1Cl. The fraction of sp³-hybridized carbons (Fsp3) is 0.188. The molecule has 0 saturated carbocycles. The lowest BCUT2D eigenvalue weighted by Crippen LogP contribution is -2.36. The lowest BCUT2D eigenvalue weighted by molar-refractivity contribution is 0.597. The van der Waals surface area contributed by atoms with Gasteiger partial charge in [0, 0.05) is 30.2 Å². The Morgan fingerprint density at radius 3 is 2.28 bits per heavy atom. The quantitative estimate of drug-likeness (QED) is 0.530. The summed E-state index contributed by atoms with van der Waals surface area (Å²) in [7, 11) is -2.02. The minimum Gasteiger partial charge on any atom is -0.352 e. The van der Waals surface area contributed by atoms with Crippen molar-refractivity contribution in [1.82, 2.24) is 10.6 Å². The van der Waals surface area contributed by atoms with Crippen LogP contribution in [0.3, 0.4) is 0 Å². The molecule has 2 aromatic rings. The Hall–Kier alpha value is -1.80. The van der Waals surface area contributed by atoms with Crippen LogP contribution in [0.15, 0.2) is 52.4 Å². The predicted molar refractivity (Wildman–Crippen MR) is 101 cm³/mol. The maximum atomic E-state index is 11.2. The van der Waals surface area contributed by atoms with Crippen LogP contribution in [-0.4, -0.2) is 21.4 Å². The van der Waals surface area contributed by atoms with Crippen molar-refractivity contribution in [3.05, 3.63) is 63.6 Å². The van der Waals surface area contributed by atoms with E-state index in [2.05, 4.69) is 15.6 Å². The Kier molecular flexibility index (Phi) is 6.66. The van der Waals surface area contributed by atoms with Crippen LogP contribution in [0.5, 0.6) is 0 Å². The number of benzene rings is 2. The summed E-state index contributed by atoms with van der Waals surface area (Å²) >= 11 is 12.0. The number of guanidine groups is 1. The molecule has 0 radical (unpaired) electrons. The highest BCUT2D eigenvalue weighted by Crippen LogP contribution is 2.20. The van der Waals surface area contributed by atoms with E-state index in [0.717, 1.165) is 11.1 Å². The largest absolute Gasteiger partial charge is 0.352 e. The normalized spacial score (nSPS) is 12.1. The first kappa shape index (κ1) is 19.5. The van der Waals surface area contributed by atoms with Crippen molar-refractivity contribution in [3.63, 3.8) is 0 Å². The van der Waals surface area contributed by atoms with Gasteiger partial charge in [-0.15, -0.1) is 0 Å². The number of sulfonamides is 1. The molecule has 6 nitrogen and oxygen atoms in total. The van der Waals surface area contributed by atoms with E-state index in [1.54, 1.807) is 31.3 Å². The van der Waals surface area contributed by atoms with E-state index in [4.69, 9.17) is 28.3 Å². The topological polar surface area (TPSA) is 96.6 Å². The molecule has 0 bridgehead atoms. The van der Waals surface area contributed by atoms with E-state index in [-0.39, 0.29) is 4.90 Å². The number of rotatable bonds is 5. The van der Waals surface area contributed by atoms with Crippen LogP contribution in [0.25, 0.3) is 0 Å². The van der Waals surface area contributed by atoms with E-state index in [9.17, 15) is 8.42 Å². The van der Waals surface area contributed by atoms with Gasteiger partial charge in [0.15, 0.2) is 5.96 Å². The average molecular weight is 401 g/mol. The molecule has 0 saturated heterocycles. The first-order valence-electron chi connectivity index (χ1n) is 7.30. The fourth-order valence-corrected chi connectivity index (χ4v) is 3.04. The molecule has 25 heavy (non-hydrogen) atoms. The Balaban J connectivity index is 1.92. The van der Waals surface area contributed by atoms with Gasteiger partial charge in [0.05, 0.1) is 4.90 Å². The van der Waals surface area contributed by atoms with Crippen LogP contribution in [-0.2, 0) is 23.1 Å². The zero-order valence-corrected chi connectivity index (χ0v) is 15.8. The van der Waals surface area contributed by atoms with Gasteiger partial charge in [-0.2, -0.15) is 0 Å². The zero-order valence-electron chi connectivity index (χ0n) is 13.5. The highest BCUT2D eigenvalue weighted by Gasteiger charge is 2.07. The average Bonchev–Trinajstić information content (AvgIpc) is 2.56. The summed E-state index contributed by atoms with van der Waals surface area (Å²) in [5, 5.41) is 12.5. The van der Waals surface area contributed by atoms with Gasteiger partial charge in [0.1, 0.15) is 0 Å². The van der Waals surface area contributed by atoms with Crippen molar-refractivity contribution in [2.45, 2.75) is 18.0 Å². The Labute approximate surface area is 157 Å². The third kappa shape index (κ3) is 5.89. The molecule has 0 unspecified atom stereocenters. The minimum atomic E-state index is -3.68. The summed E-state index contributed by atoms with van der Waals surface area (Å²) in [6, 6.07) is 11.6. The molecule has 0 aromatic heterocycles. The van der Waals surface area contributed by atoms with Crippen LogP contribution in [0.4, 0.5) is 0 Å². The molecule has 0 aliphatic carbocycles. The third-order valence-electron chi connectivity index (χ3n) is 3.40. The van der Waals surface area contributed by atoms with Gasteiger partial charge in [0.25, 0.3) is 0 Å². The zero-order chi connectivity index (χ0) is 18.4. The highest BCUT2D eigenvalue weighted by atomic mass is 35.5. The number of hydrogen-bond donors (Lipinski definition) is 3. The molecular weight excluding hydrogens is 383 g/mol. The maximum absolute atomic E-state index is 11.2. The van der Waals surface area contributed by atoms with Crippen molar-refractivity contribution in [3.8, 4) is 0 Å². The number of hydrogen-bond acceptors (Lipinski definition) is 3. The molecule has 4 N–H and O–H groups in total. The van der Waals surface area contributed by atoms with E-state index >= 15 is 0 Å². The summed E-state index contributed by atoms with van der Waals surface area (Å²) in [4.78, 5) is 4.21. The Morgan fingerprint density at radius 1 is 1.08 bits per heavy atom. The van der Waals surface area contributed by atoms with Crippen LogP contribution in [0.2, 0.25) is 10.0 Å². The minimum absolute atomic E-state index is 0.0798. The predicted octanol–water partition coefficient (Wildman–Crippen LogP) is 2.51. The molecule has 0 aliphatic rings. The monoisotopic (exact) mass is 400 g/mol. The number of aliphatic imine (C=N–C) groups is 1. The number of nitrogens with zero attached hydrogens (tertiary/aromatic N) is 1. The van der Waals surface area contributed by atoms with Gasteiger partial charge >= 0.3 is 0 Å². The van der Waals surface area contributed by atoms with Crippen molar-refractivity contribution < 1.29 is 8.42 Å². The van der Waals surface area contributed by atoms with Crippen LogP contribution >= 0.6 is 23.2 Å². The summed E-state index contributed by atoms with van der Waals surface area (Å²) in [5.74, 6) is 0.585. The molecule has 0 aliphatic heterocycles. The molecule has 134 valence electrons. The van der Waals surface area contributed by atoms with Crippen molar-refractivity contribution in [1.29, 1.82) is 0 Å². The summed E-state index contributed by atoms with van der Waals surface area (Å²) in [6.45, 7) is 0.957. The molecule has 0 amide bonds. The number of nitrogens with one attached hydrogen (secondary N) is 2. The van der Waals surface area contributed by atoms with Crippen molar-refractivity contribution in [2.24, 2.45) is 10.1 Å². The number of primary sulfonamides is 1. The Morgan fingerprint density at radius 2 is 1.72 bits per heavy atom. The van der Waals surface area contributed by atoms with Gasteiger partial charge in [-0.3, -0.25) is 4.99 Å². The second kappa shape index (κ2) is 8.53. The van der Waals surface area contributed by atoms with Crippen molar-refractivity contribution in [2.75, 3.05) is 7.05 Å². The standard InChI is InChI=1S/C16H18Cl2N4O2S/c1-20-16(22-10-12-4-5-13(17)8-15(12)18)21-9-11-2-6-14(7-3-11)25(19,23)24/h2-8H,9-10H2,1H3,(H2,19,23,24)(H2,20,21,22).